The van der Waals surface area contributed by atoms with E-state index in [1.165, 1.54) is 77.2 Å². The van der Waals surface area contributed by atoms with E-state index in [1.54, 1.807) is 18.5 Å². The van der Waals surface area contributed by atoms with Gasteiger partial charge in [0.1, 0.15) is 0 Å². The number of aryl methyl sites for hydroxylation is 4. The van der Waals surface area contributed by atoms with Crippen molar-refractivity contribution in [3.05, 3.63) is 154 Å². The summed E-state index contributed by atoms with van der Waals surface area (Å²) >= 11 is 1.86. The van der Waals surface area contributed by atoms with Crippen LogP contribution in [-0.4, -0.2) is 5.43 Å². The number of benzene rings is 4. The van der Waals surface area contributed by atoms with Gasteiger partial charge >= 0.3 is 47.3 Å². The molecular weight excluding hydrogens is 883 g/mol. The predicted molar refractivity (Wildman–Crippen MR) is 251 cm³/mol. The Bertz CT molecular complexity index is 2590. The van der Waals surface area contributed by atoms with Crippen LogP contribution < -0.4 is 24.8 Å². The third kappa shape index (κ3) is 10.8. The fourth-order valence-corrected chi connectivity index (χ4v) is 11.4. The fourth-order valence-electron chi connectivity index (χ4n) is 8.04. The molecule has 0 bridgehead atoms. The minimum atomic E-state index is 0. The monoisotopic (exact) mass is 940 g/mol. The number of rotatable bonds is 4. The SMILES string of the molecule is Cc1ccc(-c2cc3c(-c4ccc(C(C)(C)C)cc4)c(C)c(C)cc3[cH-]2)o1.Cc1ccc(-c2cc3c(-c4ccc(C(C)(C)C)cc4)c(C)c(C)cc3[cH-]2)o1.[Cl-].[Cl-].[Zr+2]=[Si]1CCC1. The number of hydrogen-bond acceptors (Lipinski definition) is 2. The molecule has 1 fully saturated rings. The van der Waals surface area contributed by atoms with Crippen LogP contribution in [0.3, 0.4) is 0 Å². The van der Waals surface area contributed by atoms with Gasteiger partial charge in [-0.2, -0.15) is 0 Å². The molecule has 1 saturated heterocycles. The number of fused-ring (bicyclic) bond motifs is 2. The van der Waals surface area contributed by atoms with Crippen LogP contribution in [-0.2, 0) is 34.2 Å². The van der Waals surface area contributed by atoms with Crippen molar-refractivity contribution in [3.8, 4) is 44.9 Å². The van der Waals surface area contributed by atoms with Gasteiger partial charge in [-0.05, 0) is 110 Å². The summed E-state index contributed by atoms with van der Waals surface area (Å²) in [6, 6.07) is 43.2. The van der Waals surface area contributed by atoms with Gasteiger partial charge in [0, 0.05) is 0 Å². The molecule has 316 valence electrons. The zero-order valence-corrected chi connectivity index (χ0v) is 43.1. The summed E-state index contributed by atoms with van der Waals surface area (Å²) in [7, 11) is 0. The van der Waals surface area contributed by atoms with Crippen LogP contribution >= 0.6 is 0 Å². The van der Waals surface area contributed by atoms with Gasteiger partial charge in [0.15, 0.2) is 0 Å². The first-order valence-corrected chi connectivity index (χ1v) is 26.8. The summed E-state index contributed by atoms with van der Waals surface area (Å²) in [4.78, 5) is 0. The Morgan fingerprint density at radius 2 is 0.852 bits per heavy atom. The van der Waals surface area contributed by atoms with Crippen LogP contribution in [0.4, 0.5) is 0 Å². The van der Waals surface area contributed by atoms with Gasteiger partial charge in [0.25, 0.3) is 0 Å². The van der Waals surface area contributed by atoms with Gasteiger partial charge in [0.05, 0.1) is 23.0 Å². The van der Waals surface area contributed by atoms with E-state index in [4.69, 9.17) is 8.83 Å². The molecule has 0 amide bonds. The molecule has 0 saturated carbocycles. The molecular formula is C55H60Cl2O2SiZr-2. The average Bonchev–Trinajstić information content (AvgIpc) is 3.99. The molecule has 9 rings (SSSR count). The van der Waals surface area contributed by atoms with Gasteiger partial charge in [-0.25, -0.2) is 0 Å². The molecule has 2 aromatic heterocycles. The maximum absolute atomic E-state index is 5.86. The van der Waals surface area contributed by atoms with E-state index < -0.39 is 0 Å². The van der Waals surface area contributed by atoms with Crippen molar-refractivity contribution in [2.75, 3.05) is 0 Å². The molecule has 6 aromatic carbocycles. The molecule has 6 heteroatoms. The first-order valence-electron chi connectivity index (χ1n) is 21.2. The second-order valence-electron chi connectivity index (χ2n) is 18.8. The van der Waals surface area contributed by atoms with E-state index in [0.29, 0.717) is 5.43 Å². The summed E-state index contributed by atoms with van der Waals surface area (Å²) in [6.45, 7) is 26.4. The van der Waals surface area contributed by atoms with Crippen LogP contribution in [0.2, 0.25) is 12.1 Å². The van der Waals surface area contributed by atoms with Crippen molar-refractivity contribution in [2.45, 2.75) is 112 Å². The van der Waals surface area contributed by atoms with E-state index >= 15 is 0 Å². The Balaban J connectivity index is 0.000000201. The molecule has 8 aromatic rings. The number of hydrogen-bond donors (Lipinski definition) is 0. The molecule has 3 heterocycles. The molecule has 0 N–H and O–H groups in total. The summed E-state index contributed by atoms with van der Waals surface area (Å²) in [5, 5.41) is 5.14. The van der Waals surface area contributed by atoms with Gasteiger partial charge in [-0.1, -0.05) is 123 Å². The van der Waals surface area contributed by atoms with Crippen molar-refractivity contribution in [3.63, 3.8) is 0 Å². The standard InChI is InChI=1S/2C26H27O.C3H6Si.2ClH.Zr/c2*1-16-13-20-14-21(24-12-7-17(2)27-24)15-23(20)25(18(16)3)19-8-10-22(11-9-19)26(4,5)6;1-2-4-3-1;;;/h2*7-15H,1-6H3;1-3H2;2*1H;/q2*-1;;;;+2/p-2. The Morgan fingerprint density at radius 1 is 0.508 bits per heavy atom. The Kier molecular flexibility index (Phi) is 15.4. The molecule has 0 radical (unpaired) electrons. The van der Waals surface area contributed by atoms with Crippen LogP contribution in [0.5, 0.6) is 0 Å². The van der Waals surface area contributed by atoms with Crippen molar-refractivity contribution in [1.29, 1.82) is 0 Å². The van der Waals surface area contributed by atoms with E-state index in [-0.39, 0.29) is 35.6 Å². The number of furan rings is 2. The molecule has 1 aliphatic heterocycles. The van der Waals surface area contributed by atoms with E-state index in [0.717, 1.165) is 34.2 Å². The fraction of sp³-hybridized carbons (Fsp3) is 0.309. The van der Waals surface area contributed by atoms with E-state index in [1.807, 2.05) is 49.3 Å². The van der Waals surface area contributed by atoms with Crippen molar-refractivity contribution in [2.24, 2.45) is 0 Å². The van der Waals surface area contributed by atoms with Crippen molar-refractivity contribution >= 4 is 27.0 Å². The molecule has 0 atom stereocenters. The zero-order valence-electron chi connectivity index (χ0n) is 38.1. The van der Waals surface area contributed by atoms with Crippen LogP contribution in [0.1, 0.15) is 92.9 Å². The third-order valence-electron chi connectivity index (χ3n) is 12.1. The zero-order chi connectivity index (χ0) is 42.4. The Labute approximate surface area is 392 Å². The maximum atomic E-state index is 5.86. The quantitative estimate of drug-likeness (QED) is 0.130. The molecule has 61 heavy (non-hydrogen) atoms. The van der Waals surface area contributed by atoms with Gasteiger partial charge in [-0.3, -0.25) is 0 Å². The third-order valence-corrected chi connectivity index (χ3v) is 17.7. The normalized spacial score (nSPS) is 12.5. The van der Waals surface area contributed by atoms with E-state index in [9.17, 15) is 0 Å². The molecule has 1 aliphatic rings. The predicted octanol–water partition coefficient (Wildman–Crippen LogP) is 10.4. The van der Waals surface area contributed by atoms with Crippen molar-refractivity contribution in [1.82, 2.24) is 0 Å². The van der Waals surface area contributed by atoms with Gasteiger partial charge in [-0.15, -0.1) is 57.9 Å². The average molecular weight is 943 g/mol. The first kappa shape index (κ1) is 48.4. The number of halogens is 2. The van der Waals surface area contributed by atoms with Crippen molar-refractivity contribution < 1.29 is 57.0 Å². The minimum absolute atomic E-state index is 0. The molecule has 0 spiro atoms. The first-order chi connectivity index (χ1) is 27.9. The summed E-state index contributed by atoms with van der Waals surface area (Å²) in [5.41, 5.74) is 16.3. The molecule has 0 aliphatic carbocycles. The Morgan fingerprint density at radius 3 is 1.11 bits per heavy atom. The van der Waals surface area contributed by atoms with Crippen LogP contribution in [0, 0.1) is 41.5 Å². The van der Waals surface area contributed by atoms with Crippen LogP contribution in [0.25, 0.3) is 66.4 Å². The Hall–Kier alpha value is -3.66. The van der Waals surface area contributed by atoms with Crippen LogP contribution in [0.15, 0.2) is 118 Å². The summed E-state index contributed by atoms with van der Waals surface area (Å²) in [5.74, 6) is 3.77. The second kappa shape index (κ2) is 19.4. The molecule has 0 unspecified atom stereocenters. The molecule has 2 nitrogen and oxygen atoms in total. The topological polar surface area (TPSA) is 26.3 Å². The summed E-state index contributed by atoms with van der Waals surface area (Å²) < 4.78 is 11.7. The van der Waals surface area contributed by atoms with E-state index in [2.05, 4.69) is 166 Å². The van der Waals surface area contributed by atoms with Gasteiger partial charge in [0.2, 0.25) is 0 Å². The second-order valence-corrected chi connectivity index (χ2v) is 26.2. The summed E-state index contributed by atoms with van der Waals surface area (Å²) in [6.07, 6.45) is 1.56. The van der Waals surface area contributed by atoms with Gasteiger partial charge < -0.3 is 33.6 Å².